The highest BCUT2D eigenvalue weighted by atomic mass is 32.2. The Morgan fingerprint density at radius 2 is 2.50 bits per heavy atom. The van der Waals surface area contributed by atoms with Crippen LogP contribution in [0.5, 0.6) is 0 Å². The molecule has 0 amide bonds. The summed E-state index contributed by atoms with van der Waals surface area (Å²) in [4.78, 5) is 10.1. The van der Waals surface area contributed by atoms with Gasteiger partial charge in [0.05, 0.1) is 6.10 Å². The Bertz CT molecular complexity index is 116. The molecule has 1 saturated heterocycles. The van der Waals surface area contributed by atoms with Gasteiger partial charge in [-0.1, -0.05) is 0 Å². The summed E-state index contributed by atoms with van der Waals surface area (Å²) in [5.74, 6) is 2.20. The second-order valence-electron chi connectivity index (χ2n) is 2.59. The summed E-state index contributed by atoms with van der Waals surface area (Å²) >= 11 is 1.83. The predicted molar refractivity (Wildman–Crippen MR) is 42.1 cm³/mol. The number of hydrogen-bond donors (Lipinski definition) is 1. The Kier molecular flexibility index (Phi) is 3.22. The third-order valence-corrected chi connectivity index (χ3v) is 3.02. The van der Waals surface area contributed by atoms with Crippen LogP contribution in [0.1, 0.15) is 12.8 Å². The van der Waals surface area contributed by atoms with E-state index >= 15 is 0 Å². The molecule has 0 aromatic carbocycles. The van der Waals surface area contributed by atoms with Crippen LogP contribution in [-0.4, -0.2) is 29.0 Å². The largest absolute Gasteiger partial charge is 0.393 e. The predicted octanol–water partition coefficient (Wildman–Crippen LogP) is 0.689. The molecule has 10 heavy (non-hydrogen) atoms. The number of carbonyl (C=O) groups excluding carboxylic acids is 1. The molecule has 58 valence electrons. The Morgan fingerprint density at radius 3 is 3.10 bits per heavy atom. The Morgan fingerprint density at radius 1 is 1.70 bits per heavy atom. The van der Waals surface area contributed by atoms with E-state index < -0.39 is 0 Å². The molecule has 1 aliphatic heterocycles. The van der Waals surface area contributed by atoms with E-state index in [-0.39, 0.29) is 12.0 Å². The third-order valence-electron chi connectivity index (χ3n) is 1.83. The maximum absolute atomic E-state index is 10.1. The molecular formula is C7H12O2S. The molecule has 2 unspecified atom stereocenters. The summed E-state index contributed by atoms with van der Waals surface area (Å²) in [5, 5.41) is 9.33. The second-order valence-corrected chi connectivity index (χ2v) is 3.74. The van der Waals surface area contributed by atoms with Crippen molar-refractivity contribution in [2.45, 2.75) is 18.9 Å². The first-order valence-corrected chi connectivity index (χ1v) is 4.69. The number of aliphatic hydroxyl groups excluding tert-OH is 1. The van der Waals surface area contributed by atoms with Crippen LogP contribution in [0.25, 0.3) is 0 Å². The van der Waals surface area contributed by atoms with Crippen LogP contribution in [0.4, 0.5) is 0 Å². The molecule has 2 atom stereocenters. The lowest BCUT2D eigenvalue weighted by molar-refractivity contribution is -0.109. The first-order valence-electron chi connectivity index (χ1n) is 3.54. The molecule has 1 N–H and O–H groups in total. The van der Waals surface area contributed by atoms with Crippen molar-refractivity contribution in [1.82, 2.24) is 0 Å². The highest BCUT2D eigenvalue weighted by Gasteiger charge is 2.22. The fraction of sp³-hybridized carbons (Fsp3) is 0.857. The van der Waals surface area contributed by atoms with Crippen LogP contribution in [0.2, 0.25) is 0 Å². The zero-order valence-electron chi connectivity index (χ0n) is 5.82. The zero-order valence-corrected chi connectivity index (χ0v) is 6.64. The standard InChI is InChI=1S/C7H12O2S/c8-3-1-6-5-10-4-2-7(6)9/h3,6-7,9H,1-2,4-5H2. The molecule has 0 aliphatic carbocycles. The monoisotopic (exact) mass is 160 g/mol. The van der Waals surface area contributed by atoms with Gasteiger partial charge in [0.2, 0.25) is 0 Å². The van der Waals surface area contributed by atoms with Crippen molar-refractivity contribution < 1.29 is 9.90 Å². The van der Waals surface area contributed by atoms with Gasteiger partial charge in [-0.05, 0) is 17.9 Å². The molecule has 2 nitrogen and oxygen atoms in total. The molecule has 3 heteroatoms. The van der Waals surface area contributed by atoms with Gasteiger partial charge in [0.15, 0.2) is 0 Å². The topological polar surface area (TPSA) is 37.3 Å². The van der Waals surface area contributed by atoms with E-state index in [1.165, 1.54) is 0 Å². The number of rotatable bonds is 2. The summed E-state index contributed by atoms with van der Waals surface area (Å²) in [5.41, 5.74) is 0. The summed E-state index contributed by atoms with van der Waals surface area (Å²) in [6.07, 6.45) is 2.04. The van der Waals surface area contributed by atoms with E-state index in [0.29, 0.717) is 6.42 Å². The summed E-state index contributed by atoms with van der Waals surface area (Å²) in [6, 6.07) is 0. The van der Waals surface area contributed by atoms with Crippen molar-refractivity contribution in [3.8, 4) is 0 Å². The van der Waals surface area contributed by atoms with Gasteiger partial charge in [-0.3, -0.25) is 0 Å². The smallest absolute Gasteiger partial charge is 0.120 e. The number of carbonyl (C=O) groups is 1. The lowest BCUT2D eigenvalue weighted by Crippen LogP contribution is -2.27. The van der Waals surface area contributed by atoms with Gasteiger partial charge in [0.1, 0.15) is 6.29 Å². The molecule has 0 aromatic rings. The Labute approximate surface area is 65.0 Å². The summed E-state index contributed by atoms with van der Waals surface area (Å²) in [7, 11) is 0. The highest BCUT2D eigenvalue weighted by Crippen LogP contribution is 2.24. The van der Waals surface area contributed by atoms with Gasteiger partial charge >= 0.3 is 0 Å². The number of aldehydes is 1. The van der Waals surface area contributed by atoms with Crippen LogP contribution in [0.3, 0.4) is 0 Å². The van der Waals surface area contributed by atoms with E-state index in [4.69, 9.17) is 0 Å². The van der Waals surface area contributed by atoms with E-state index in [1.54, 1.807) is 0 Å². The Balaban J connectivity index is 2.32. The van der Waals surface area contributed by atoms with Gasteiger partial charge in [-0.15, -0.1) is 0 Å². The first-order chi connectivity index (χ1) is 4.84. The molecular weight excluding hydrogens is 148 g/mol. The van der Waals surface area contributed by atoms with Crippen LogP contribution in [0.15, 0.2) is 0 Å². The molecule has 0 bridgehead atoms. The number of thioether (sulfide) groups is 1. The molecule has 0 radical (unpaired) electrons. The average Bonchev–Trinajstić information content (AvgIpc) is 1.94. The van der Waals surface area contributed by atoms with Gasteiger partial charge in [-0.25, -0.2) is 0 Å². The molecule has 1 rings (SSSR count). The fourth-order valence-electron chi connectivity index (χ4n) is 1.13. The maximum Gasteiger partial charge on any atom is 0.120 e. The molecule has 0 spiro atoms. The van der Waals surface area contributed by atoms with Crippen molar-refractivity contribution >= 4 is 18.0 Å². The molecule has 1 heterocycles. The first kappa shape index (κ1) is 8.08. The average molecular weight is 160 g/mol. The van der Waals surface area contributed by atoms with E-state index in [0.717, 1.165) is 24.2 Å². The molecule has 1 aliphatic rings. The zero-order chi connectivity index (χ0) is 7.40. The van der Waals surface area contributed by atoms with Crippen molar-refractivity contribution in [3.05, 3.63) is 0 Å². The van der Waals surface area contributed by atoms with Crippen LogP contribution < -0.4 is 0 Å². The van der Waals surface area contributed by atoms with Gasteiger partial charge in [0.25, 0.3) is 0 Å². The van der Waals surface area contributed by atoms with Gasteiger partial charge in [0, 0.05) is 12.3 Å². The van der Waals surface area contributed by atoms with Crippen molar-refractivity contribution in [2.24, 2.45) is 5.92 Å². The summed E-state index contributed by atoms with van der Waals surface area (Å²) in [6.45, 7) is 0. The third kappa shape index (κ3) is 1.99. The highest BCUT2D eigenvalue weighted by molar-refractivity contribution is 7.99. The lowest BCUT2D eigenvalue weighted by Gasteiger charge is -2.25. The van der Waals surface area contributed by atoms with Crippen LogP contribution >= 0.6 is 11.8 Å². The van der Waals surface area contributed by atoms with Crippen molar-refractivity contribution in [3.63, 3.8) is 0 Å². The maximum atomic E-state index is 10.1. The quantitative estimate of drug-likeness (QED) is 0.604. The minimum Gasteiger partial charge on any atom is -0.393 e. The number of hydrogen-bond acceptors (Lipinski definition) is 3. The van der Waals surface area contributed by atoms with Gasteiger partial charge < -0.3 is 9.90 Å². The van der Waals surface area contributed by atoms with Crippen LogP contribution in [-0.2, 0) is 4.79 Å². The van der Waals surface area contributed by atoms with Gasteiger partial charge in [-0.2, -0.15) is 11.8 Å². The lowest BCUT2D eigenvalue weighted by atomic mass is 9.99. The summed E-state index contributed by atoms with van der Waals surface area (Å²) < 4.78 is 0. The fourth-order valence-corrected chi connectivity index (χ4v) is 2.37. The normalized spacial score (nSPS) is 33.7. The minimum atomic E-state index is -0.230. The molecule has 0 aromatic heterocycles. The van der Waals surface area contributed by atoms with E-state index in [2.05, 4.69) is 0 Å². The minimum absolute atomic E-state index is 0.219. The van der Waals surface area contributed by atoms with E-state index in [1.807, 2.05) is 11.8 Å². The number of aliphatic hydroxyl groups is 1. The Hall–Kier alpha value is -0.0200. The van der Waals surface area contributed by atoms with Crippen molar-refractivity contribution in [1.29, 1.82) is 0 Å². The second kappa shape index (κ2) is 3.98. The van der Waals surface area contributed by atoms with Crippen LogP contribution in [0, 0.1) is 5.92 Å². The molecule has 0 saturated carbocycles. The SMILES string of the molecule is O=CCC1CSCCC1O. The molecule has 1 fully saturated rings. The van der Waals surface area contributed by atoms with Crippen molar-refractivity contribution in [2.75, 3.05) is 11.5 Å². The van der Waals surface area contributed by atoms with E-state index in [9.17, 15) is 9.90 Å².